The predicted octanol–water partition coefficient (Wildman–Crippen LogP) is 0.467. The Hall–Kier alpha value is 0.394. The van der Waals surface area contributed by atoms with Gasteiger partial charge in [0, 0.05) is 8.31 Å². The summed E-state index contributed by atoms with van der Waals surface area (Å²) in [7, 11) is 3.79. The van der Waals surface area contributed by atoms with E-state index in [4.69, 9.17) is 0 Å². The van der Waals surface area contributed by atoms with Gasteiger partial charge in [0.1, 0.15) is 0 Å². The Balaban J connectivity index is 3.46. The minimum absolute atomic E-state index is 0.258. The van der Waals surface area contributed by atoms with E-state index in [0.29, 0.717) is 0 Å². The molecule has 0 aliphatic carbocycles. The molecule has 0 saturated carbocycles. The van der Waals surface area contributed by atoms with Gasteiger partial charge in [0.25, 0.3) is 0 Å². The molecule has 0 bridgehead atoms. The van der Waals surface area contributed by atoms with Crippen LogP contribution in [0.5, 0.6) is 0 Å². The van der Waals surface area contributed by atoms with Crippen LogP contribution in [-0.4, -0.2) is 35.5 Å². The average molecular weight is 147 g/mol. The van der Waals surface area contributed by atoms with Crippen LogP contribution in [0.2, 0.25) is 19.6 Å². The van der Waals surface area contributed by atoms with Gasteiger partial charge in [0.15, 0.2) is 0 Å². The first-order chi connectivity index (χ1) is 3.55. The van der Waals surface area contributed by atoms with Gasteiger partial charge < -0.3 is 4.57 Å². The van der Waals surface area contributed by atoms with Gasteiger partial charge in [-0.3, -0.25) is 0 Å². The van der Waals surface area contributed by atoms with Crippen molar-refractivity contribution >= 4 is 16.8 Å². The van der Waals surface area contributed by atoms with Crippen LogP contribution in [0.4, 0.5) is 0 Å². The lowest BCUT2D eigenvalue weighted by Crippen LogP contribution is -2.40. The van der Waals surface area contributed by atoms with E-state index >= 15 is 0 Å². The highest BCUT2D eigenvalue weighted by Crippen LogP contribution is 1.91. The first-order valence-electron chi connectivity index (χ1n) is 3.22. The molecule has 0 aliphatic heterocycles. The molecular formula is C5H17NSi2. The Morgan fingerprint density at radius 3 is 1.38 bits per heavy atom. The lowest BCUT2D eigenvalue weighted by Gasteiger charge is -2.20. The summed E-state index contributed by atoms with van der Waals surface area (Å²) in [6.07, 6.45) is 0. The summed E-state index contributed by atoms with van der Waals surface area (Å²) in [5, 5.41) is 0. The molecule has 3 heteroatoms. The maximum atomic E-state index is 2.44. The summed E-state index contributed by atoms with van der Waals surface area (Å²) >= 11 is 0. The van der Waals surface area contributed by atoms with E-state index in [2.05, 4.69) is 38.3 Å². The third kappa shape index (κ3) is 2.64. The summed E-state index contributed by atoms with van der Waals surface area (Å²) in [6, 6.07) is 0. The zero-order valence-electron chi connectivity index (χ0n) is 6.60. The van der Waals surface area contributed by atoms with E-state index in [1.807, 2.05) is 0 Å². The van der Waals surface area contributed by atoms with Crippen molar-refractivity contribution in [1.29, 1.82) is 0 Å². The Kier molecular flexibility index (Phi) is 3.59. The van der Waals surface area contributed by atoms with Gasteiger partial charge >= 0.3 is 0 Å². The second-order valence-electron chi connectivity index (χ2n) is 2.95. The van der Waals surface area contributed by atoms with Crippen LogP contribution < -0.4 is 0 Å². The van der Waals surface area contributed by atoms with Crippen LogP contribution in [0, 0.1) is 0 Å². The van der Waals surface area contributed by atoms with Crippen molar-refractivity contribution in [1.82, 2.24) is 4.57 Å². The van der Waals surface area contributed by atoms with Crippen LogP contribution in [0.15, 0.2) is 0 Å². The molecule has 0 aromatic heterocycles. The highest BCUT2D eigenvalue weighted by Gasteiger charge is 2.11. The van der Waals surface area contributed by atoms with E-state index in [0.717, 1.165) is 0 Å². The van der Waals surface area contributed by atoms with Crippen LogP contribution in [-0.2, 0) is 0 Å². The minimum Gasteiger partial charge on any atom is -0.334 e. The zero-order chi connectivity index (χ0) is 6.73. The maximum absolute atomic E-state index is 2.44. The third-order valence-electron chi connectivity index (χ3n) is 1.78. The minimum atomic E-state index is -0.377. The van der Waals surface area contributed by atoms with Crippen molar-refractivity contribution in [3.05, 3.63) is 0 Å². The summed E-state index contributed by atoms with van der Waals surface area (Å²) in [5.74, 6) is 0. The fraction of sp³-hybridized carbons (Fsp3) is 1.00. The van der Waals surface area contributed by atoms with E-state index in [-0.39, 0.29) is 16.8 Å². The van der Waals surface area contributed by atoms with Crippen molar-refractivity contribution in [2.75, 3.05) is 14.1 Å². The molecule has 0 heterocycles. The zero-order valence-corrected chi connectivity index (χ0v) is 8.91. The fourth-order valence-electron chi connectivity index (χ4n) is 0.596. The van der Waals surface area contributed by atoms with Gasteiger partial charge in [-0.15, -0.1) is 0 Å². The molecular weight excluding hydrogens is 130 g/mol. The second kappa shape index (κ2) is 3.43. The van der Waals surface area contributed by atoms with Gasteiger partial charge in [-0.25, -0.2) is 0 Å². The van der Waals surface area contributed by atoms with Crippen LogP contribution >= 0.6 is 0 Å². The Morgan fingerprint density at radius 2 is 1.38 bits per heavy atom. The van der Waals surface area contributed by atoms with Crippen LogP contribution in [0.25, 0.3) is 0 Å². The summed E-state index contributed by atoms with van der Waals surface area (Å²) in [6.45, 7) is 7.32. The Bertz CT molecular complexity index is 55.4. The molecule has 0 aliphatic rings. The Morgan fingerprint density at radius 1 is 1.00 bits per heavy atom. The van der Waals surface area contributed by atoms with Gasteiger partial charge in [0.2, 0.25) is 0 Å². The molecule has 50 valence electrons. The highest BCUT2D eigenvalue weighted by molar-refractivity contribution is 7.19. The molecule has 8 heavy (non-hydrogen) atoms. The van der Waals surface area contributed by atoms with Crippen molar-refractivity contribution in [3.8, 4) is 0 Å². The van der Waals surface area contributed by atoms with Crippen molar-refractivity contribution < 1.29 is 0 Å². The molecule has 0 rings (SSSR count). The Labute approximate surface area is 55.8 Å². The first-order valence-corrected chi connectivity index (χ1v) is 9.87. The first kappa shape index (κ1) is 8.39. The number of nitrogens with zero attached hydrogens (tertiary/aromatic N) is 1. The topological polar surface area (TPSA) is 3.24 Å². The quantitative estimate of drug-likeness (QED) is 0.513. The summed E-state index contributed by atoms with van der Waals surface area (Å²) < 4.78 is 2.44. The monoisotopic (exact) mass is 147 g/mol. The number of hydrogen-bond acceptors (Lipinski definition) is 1. The molecule has 0 aromatic carbocycles. The number of hydrogen-bond donors (Lipinski definition) is 0. The predicted molar refractivity (Wildman–Crippen MR) is 45.6 cm³/mol. The molecule has 0 spiro atoms. The normalized spacial score (nSPS) is 15.4. The molecule has 0 radical (unpaired) electrons. The fourth-order valence-corrected chi connectivity index (χ4v) is 5.37. The summed E-state index contributed by atoms with van der Waals surface area (Å²) in [5.41, 5.74) is 0. The third-order valence-corrected chi connectivity index (χ3v) is 12.9. The molecule has 0 N–H and O–H groups in total. The van der Waals surface area contributed by atoms with Crippen LogP contribution in [0.3, 0.4) is 0 Å². The van der Waals surface area contributed by atoms with Gasteiger partial charge in [-0.05, 0) is 14.1 Å². The van der Waals surface area contributed by atoms with Crippen LogP contribution in [0.1, 0.15) is 0 Å². The van der Waals surface area contributed by atoms with Crippen molar-refractivity contribution in [2.45, 2.75) is 19.6 Å². The molecule has 0 aromatic rings. The maximum Gasteiger partial charge on any atom is 0.0947 e. The van der Waals surface area contributed by atoms with Gasteiger partial charge in [-0.1, -0.05) is 19.6 Å². The molecule has 1 atom stereocenters. The lowest BCUT2D eigenvalue weighted by atomic mass is 11.3. The lowest BCUT2D eigenvalue weighted by molar-refractivity contribution is 0.657. The molecule has 0 amide bonds. The standard InChI is InChI=1S/C5H17NSi2/c1-6(2)8(5)7(3)4/h7-8H,1-5H3. The summed E-state index contributed by atoms with van der Waals surface area (Å²) in [4.78, 5) is 0. The average Bonchev–Trinajstić information content (AvgIpc) is 1.64. The molecule has 1 unspecified atom stereocenters. The van der Waals surface area contributed by atoms with Gasteiger partial charge in [0.05, 0.1) is 8.48 Å². The smallest absolute Gasteiger partial charge is 0.0947 e. The van der Waals surface area contributed by atoms with E-state index in [9.17, 15) is 0 Å². The number of rotatable bonds is 2. The molecule has 1 nitrogen and oxygen atoms in total. The van der Waals surface area contributed by atoms with Crippen molar-refractivity contribution in [2.24, 2.45) is 0 Å². The van der Waals surface area contributed by atoms with E-state index in [1.54, 1.807) is 0 Å². The highest BCUT2D eigenvalue weighted by atomic mass is 29.2. The second-order valence-corrected chi connectivity index (χ2v) is 14.8. The molecule has 0 saturated heterocycles. The van der Waals surface area contributed by atoms with Crippen molar-refractivity contribution in [3.63, 3.8) is 0 Å². The van der Waals surface area contributed by atoms with E-state index in [1.165, 1.54) is 0 Å². The SMILES string of the molecule is CN(C)[SiH](C)[SiH](C)C. The molecule has 0 fully saturated rings. The largest absolute Gasteiger partial charge is 0.334 e. The van der Waals surface area contributed by atoms with Gasteiger partial charge in [-0.2, -0.15) is 0 Å². The van der Waals surface area contributed by atoms with E-state index < -0.39 is 0 Å².